The number of fused-ring (bicyclic) bond motifs is 4. The third-order valence-electron chi connectivity index (χ3n) is 6.53. The van der Waals surface area contributed by atoms with Crippen LogP contribution < -0.4 is 15.5 Å². The second-order valence-corrected chi connectivity index (χ2v) is 8.80. The highest BCUT2D eigenvalue weighted by Gasteiger charge is 2.27. The van der Waals surface area contributed by atoms with Crippen LogP contribution in [-0.2, 0) is 6.42 Å². The van der Waals surface area contributed by atoms with Gasteiger partial charge in [-0.3, -0.25) is 9.59 Å². The molecule has 3 N–H and O–H groups in total. The molecule has 2 aromatic carbocycles. The molecular formula is C26H27N3O3. The lowest BCUT2D eigenvalue weighted by molar-refractivity contribution is 0.0930. The Morgan fingerprint density at radius 3 is 2.81 bits per heavy atom. The summed E-state index contributed by atoms with van der Waals surface area (Å²) in [6, 6.07) is 11.5. The van der Waals surface area contributed by atoms with Crippen molar-refractivity contribution in [2.75, 3.05) is 7.11 Å². The number of para-hydroxylation sites is 1. The lowest BCUT2D eigenvalue weighted by Crippen LogP contribution is -2.34. The van der Waals surface area contributed by atoms with E-state index in [2.05, 4.69) is 29.1 Å². The maximum atomic E-state index is 13.2. The molecule has 5 rings (SSSR count). The van der Waals surface area contributed by atoms with Gasteiger partial charge in [-0.15, -0.1) is 0 Å². The molecule has 32 heavy (non-hydrogen) atoms. The molecule has 1 aliphatic rings. The van der Waals surface area contributed by atoms with Crippen LogP contribution >= 0.6 is 0 Å². The largest absolute Gasteiger partial charge is 0.497 e. The molecular weight excluding hydrogens is 402 g/mol. The number of hydrogen-bond donors (Lipinski definition) is 3. The first-order chi connectivity index (χ1) is 15.5. The minimum atomic E-state index is -0.350. The SMILES string of the molecule is COc1ccc2[nH]c3c(c2c1)CCCC3NC(=O)c1c[nH]c2c(C(C)C)cccc2c1=O. The Balaban J connectivity index is 1.49. The van der Waals surface area contributed by atoms with Gasteiger partial charge in [0.05, 0.1) is 18.7 Å². The van der Waals surface area contributed by atoms with E-state index >= 15 is 0 Å². The number of aromatic nitrogens is 2. The van der Waals surface area contributed by atoms with Crippen LogP contribution in [0.3, 0.4) is 0 Å². The van der Waals surface area contributed by atoms with Gasteiger partial charge in [0.25, 0.3) is 5.91 Å². The summed E-state index contributed by atoms with van der Waals surface area (Å²) in [5, 5.41) is 4.78. The third-order valence-corrected chi connectivity index (χ3v) is 6.53. The number of carbonyl (C=O) groups excluding carboxylic acids is 1. The van der Waals surface area contributed by atoms with Crippen molar-refractivity contribution in [3.8, 4) is 5.75 Å². The van der Waals surface area contributed by atoms with Gasteiger partial charge in [0.2, 0.25) is 5.43 Å². The fourth-order valence-electron chi connectivity index (χ4n) is 4.87. The molecule has 0 spiro atoms. The summed E-state index contributed by atoms with van der Waals surface area (Å²) in [7, 11) is 1.66. The first-order valence-corrected chi connectivity index (χ1v) is 11.1. The van der Waals surface area contributed by atoms with Crippen molar-refractivity contribution >= 4 is 27.7 Å². The maximum Gasteiger partial charge on any atom is 0.257 e. The van der Waals surface area contributed by atoms with E-state index in [-0.39, 0.29) is 28.9 Å². The molecule has 6 nitrogen and oxygen atoms in total. The van der Waals surface area contributed by atoms with E-state index in [1.165, 1.54) is 5.56 Å². The molecule has 164 valence electrons. The van der Waals surface area contributed by atoms with Gasteiger partial charge in [0.1, 0.15) is 11.3 Å². The number of hydrogen-bond acceptors (Lipinski definition) is 3. The highest BCUT2D eigenvalue weighted by molar-refractivity contribution is 5.98. The fraction of sp³-hybridized carbons (Fsp3) is 0.308. The third kappa shape index (κ3) is 3.27. The number of pyridine rings is 1. The summed E-state index contributed by atoms with van der Waals surface area (Å²) in [6.07, 6.45) is 4.29. The minimum Gasteiger partial charge on any atom is -0.497 e. The van der Waals surface area contributed by atoms with Crippen molar-refractivity contribution in [2.45, 2.75) is 45.1 Å². The predicted molar refractivity (Wildman–Crippen MR) is 127 cm³/mol. The number of aryl methyl sites for hydroxylation is 1. The number of aromatic amines is 2. The van der Waals surface area contributed by atoms with Crippen LogP contribution in [-0.4, -0.2) is 23.0 Å². The Bertz CT molecular complexity index is 1400. The van der Waals surface area contributed by atoms with Gasteiger partial charge in [0, 0.05) is 28.2 Å². The summed E-state index contributed by atoms with van der Waals surface area (Å²) < 4.78 is 5.38. The van der Waals surface area contributed by atoms with E-state index in [1.807, 2.05) is 30.3 Å². The van der Waals surface area contributed by atoms with Crippen LogP contribution in [0, 0.1) is 0 Å². The zero-order valence-electron chi connectivity index (χ0n) is 18.5. The normalized spacial score (nSPS) is 15.8. The van der Waals surface area contributed by atoms with Crippen LogP contribution in [0.4, 0.5) is 0 Å². The Labute approximate surface area is 186 Å². The van der Waals surface area contributed by atoms with Crippen molar-refractivity contribution < 1.29 is 9.53 Å². The van der Waals surface area contributed by atoms with Crippen molar-refractivity contribution in [3.63, 3.8) is 0 Å². The second-order valence-electron chi connectivity index (χ2n) is 8.80. The highest BCUT2D eigenvalue weighted by Crippen LogP contribution is 2.36. The fourth-order valence-corrected chi connectivity index (χ4v) is 4.87. The average molecular weight is 430 g/mol. The van der Waals surface area contributed by atoms with Crippen molar-refractivity contribution in [1.82, 2.24) is 15.3 Å². The van der Waals surface area contributed by atoms with Gasteiger partial charge in [-0.05, 0) is 60.6 Å². The molecule has 4 aromatic rings. The van der Waals surface area contributed by atoms with Crippen LogP contribution in [0.25, 0.3) is 21.8 Å². The van der Waals surface area contributed by atoms with E-state index in [0.29, 0.717) is 5.39 Å². The zero-order valence-corrected chi connectivity index (χ0v) is 18.5. The molecule has 1 unspecified atom stereocenters. The Morgan fingerprint density at radius 1 is 1.19 bits per heavy atom. The molecule has 2 heterocycles. The smallest absolute Gasteiger partial charge is 0.257 e. The van der Waals surface area contributed by atoms with E-state index in [0.717, 1.165) is 52.7 Å². The number of carbonyl (C=O) groups is 1. The van der Waals surface area contributed by atoms with Crippen LogP contribution in [0.1, 0.15) is 65.8 Å². The van der Waals surface area contributed by atoms with Crippen molar-refractivity contribution in [2.24, 2.45) is 0 Å². The summed E-state index contributed by atoms with van der Waals surface area (Å²) in [5.74, 6) is 0.737. The van der Waals surface area contributed by atoms with Gasteiger partial charge < -0.3 is 20.0 Å². The number of nitrogens with one attached hydrogen (secondary N) is 3. The molecule has 0 saturated heterocycles. The van der Waals surface area contributed by atoms with E-state index in [9.17, 15) is 9.59 Å². The lowest BCUT2D eigenvalue weighted by Gasteiger charge is -2.24. The monoisotopic (exact) mass is 429 g/mol. The topological polar surface area (TPSA) is 87.0 Å². The Hall–Kier alpha value is -3.54. The molecule has 1 aliphatic carbocycles. The molecule has 0 fully saturated rings. The van der Waals surface area contributed by atoms with Gasteiger partial charge in [-0.2, -0.15) is 0 Å². The number of methoxy groups -OCH3 is 1. The van der Waals surface area contributed by atoms with Crippen molar-refractivity contribution in [3.05, 3.63) is 75.2 Å². The molecule has 0 aliphatic heterocycles. The molecule has 6 heteroatoms. The number of rotatable bonds is 4. The first kappa shape index (κ1) is 20.4. The van der Waals surface area contributed by atoms with Crippen LogP contribution in [0.2, 0.25) is 0 Å². The summed E-state index contributed by atoms with van der Waals surface area (Å²) in [6.45, 7) is 4.18. The lowest BCUT2D eigenvalue weighted by atomic mass is 9.91. The number of H-pyrrole nitrogens is 2. The van der Waals surface area contributed by atoms with Gasteiger partial charge in [-0.1, -0.05) is 26.0 Å². The number of amides is 1. The van der Waals surface area contributed by atoms with Gasteiger partial charge >= 0.3 is 0 Å². The summed E-state index contributed by atoms with van der Waals surface area (Å²) in [5.41, 5.74) is 5.03. The highest BCUT2D eigenvalue weighted by atomic mass is 16.5. The van der Waals surface area contributed by atoms with Crippen LogP contribution in [0.15, 0.2) is 47.4 Å². The van der Waals surface area contributed by atoms with Crippen molar-refractivity contribution in [1.29, 1.82) is 0 Å². The average Bonchev–Trinajstić information content (AvgIpc) is 3.17. The van der Waals surface area contributed by atoms with E-state index in [1.54, 1.807) is 19.4 Å². The molecule has 0 radical (unpaired) electrons. The summed E-state index contributed by atoms with van der Waals surface area (Å²) >= 11 is 0. The van der Waals surface area contributed by atoms with E-state index < -0.39 is 0 Å². The number of ether oxygens (including phenoxy) is 1. The van der Waals surface area contributed by atoms with Gasteiger partial charge in [-0.25, -0.2) is 0 Å². The second kappa shape index (κ2) is 7.86. The predicted octanol–water partition coefficient (Wildman–Crippen LogP) is 4.95. The zero-order chi connectivity index (χ0) is 22.4. The van der Waals surface area contributed by atoms with Crippen LogP contribution in [0.5, 0.6) is 5.75 Å². The quantitative estimate of drug-likeness (QED) is 0.429. The molecule has 0 saturated carbocycles. The molecule has 1 atom stereocenters. The molecule has 1 amide bonds. The Kier molecular flexibility index (Phi) is 5.00. The molecule has 0 bridgehead atoms. The minimum absolute atomic E-state index is 0.142. The first-order valence-electron chi connectivity index (χ1n) is 11.1. The maximum absolute atomic E-state index is 13.2. The molecule has 2 aromatic heterocycles. The standard InChI is InChI=1S/C26H27N3O3/c1-14(2)16-6-4-8-18-23(16)27-13-20(25(18)30)26(31)29-22-9-5-7-17-19-12-15(32-3)10-11-21(19)28-24(17)22/h4,6,8,10-14,22,28H,5,7,9H2,1-3H3,(H,27,30)(H,29,31). The number of benzene rings is 2. The Morgan fingerprint density at radius 2 is 2.03 bits per heavy atom. The van der Waals surface area contributed by atoms with E-state index in [4.69, 9.17) is 4.74 Å². The van der Waals surface area contributed by atoms with Gasteiger partial charge in [0.15, 0.2) is 0 Å². The summed E-state index contributed by atoms with van der Waals surface area (Å²) in [4.78, 5) is 33.0.